The van der Waals surface area contributed by atoms with E-state index in [1.165, 1.54) is 43.3 Å². The second-order valence-corrected chi connectivity index (χ2v) is 8.82. The number of hydrogen-bond donors (Lipinski definition) is 1. The molecule has 0 atom stereocenters. The number of aromatic nitrogens is 1. The molecule has 1 aliphatic rings. The smallest absolute Gasteiger partial charge is 0.333 e. The van der Waals surface area contributed by atoms with Crippen molar-refractivity contribution in [3.8, 4) is 0 Å². The summed E-state index contributed by atoms with van der Waals surface area (Å²) in [5, 5.41) is 4.28. The number of pyridine rings is 1. The maximum Gasteiger partial charge on any atom is 0.333 e. The highest BCUT2D eigenvalue weighted by Crippen LogP contribution is 2.25. The Morgan fingerprint density at radius 2 is 1.65 bits per heavy atom. The van der Waals surface area contributed by atoms with Crippen LogP contribution in [0.25, 0.3) is 10.9 Å². The van der Waals surface area contributed by atoms with Gasteiger partial charge >= 0.3 is 5.97 Å². The fourth-order valence-corrected chi connectivity index (χ4v) is 4.49. The highest BCUT2D eigenvalue weighted by molar-refractivity contribution is 5.80. The minimum Gasteiger partial charge on any atom is -0.333 e. The molecule has 170 valence electrons. The summed E-state index contributed by atoms with van der Waals surface area (Å²) in [6.45, 7) is 4.06. The van der Waals surface area contributed by atoms with Crippen molar-refractivity contribution in [2.45, 2.75) is 89.9 Å². The van der Waals surface area contributed by atoms with Gasteiger partial charge in [0.25, 0.3) is 5.56 Å². The fraction of sp³-hybridized carbons (Fsp3) is 0.615. The van der Waals surface area contributed by atoms with Crippen LogP contribution < -0.4 is 15.7 Å². The molecule has 1 aliphatic heterocycles. The number of unbranched alkanes of at least 4 members (excludes halogenated alkanes) is 8. The topological polar surface area (TPSA) is 60.3 Å². The number of carbonyl (C=O) groups is 1. The van der Waals surface area contributed by atoms with Crippen molar-refractivity contribution in [1.82, 2.24) is 10.0 Å². The number of para-hydroxylation sites is 1. The third kappa shape index (κ3) is 6.93. The monoisotopic (exact) mass is 426 g/mol. The largest absolute Gasteiger partial charge is 0.333 e. The number of nitrogens with one attached hydrogen (secondary N) is 1. The van der Waals surface area contributed by atoms with E-state index in [1.807, 2.05) is 30.3 Å². The zero-order valence-corrected chi connectivity index (χ0v) is 19.0. The molecule has 0 amide bonds. The van der Waals surface area contributed by atoms with Crippen LogP contribution in [0.4, 0.5) is 0 Å². The predicted molar refractivity (Wildman–Crippen MR) is 126 cm³/mol. The van der Waals surface area contributed by atoms with Gasteiger partial charge in [-0.1, -0.05) is 76.5 Å². The Balaban J connectivity index is 1.57. The second kappa shape index (κ2) is 12.7. The van der Waals surface area contributed by atoms with Gasteiger partial charge in [0.2, 0.25) is 0 Å². The summed E-state index contributed by atoms with van der Waals surface area (Å²) in [4.78, 5) is 31.3. The Morgan fingerprint density at radius 3 is 2.35 bits per heavy atom. The van der Waals surface area contributed by atoms with Gasteiger partial charge < -0.3 is 10.2 Å². The quantitative estimate of drug-likeness (QED) is 0.465. The molecule has 1 N–H and O–H groups in total. The molecular weight excluding hydrogens is 388 g/mol. The number of hydrogen-bond acceptors (Lipinski definition) is 4. The fourth-order valence-electron chi connectivity index (χ4n) is 4.49. The van der Waals surface area contributed by atoms with E-state index in [1.54, 1.807) is 0 Å². The van der Waals surface area contributed by atoms with E-state index in [-0.39, 0.29) is 17.4 Å². The summed E-state index contributed by atoms with van der Waals surface area (Å²) in [6, 6.07) is 9.63. The lowest BCUT2D eigenvalue weighted by molar-refractivity contribution is -0.144. The molecule has 5 heteroatoms. The van der Waals surface area contributed by atoms with Gasteiger partial charge in [0.05, 0.1) is 5.52 Å². The van der Waals surface area contributed by atoms with E-state index in [4.69, 9.17) is 4.84 Å². The van der Waals surface area contributed by atoms with Crippen LogP contribution in [-0.2, 0) is 4.79 Å². The molecule has 5 nitrogen and oxygen atoms in total. The Labute approximate surface area is 186 Å². The van der Waals surface area contributed by atoms with E-state index < -0.39 is 0 Å². The molecule has 3 rings (SSSR count). The second-order valence-electron chi connectivity index (χ2n) is 8.82. The predicted octanol–water partition coefficient (Wildman–Crippen LogP) is 5.34. The average molecular weight is 427 g/mol. The molecule has 0 radical (unpaired) electrons. The van der Waals surface area contributed by atoms with Crippen LogP contribution in [0.3, 0.4) is 0 Å². The number of benzene rings is 1. The molecule has 0 spiro atoms. The number of carbonyl (C=O) groups excluding carboxylic acids is 1. The Bertz CT molecular complexity index is 884. The minimum absolute atomic E-state index is 0.189. The molecule has 1 saturated heterocycles. The van der Waals surface area contributed by atoms with E-state index >= 15 is 0 Å². The van der Waals surface area contributed by atoms with Crippen molar-refractivity contribution in [1.29, 1.82) is 0 Å². The van der Waals surface area contributed by atoms with Crippen molar-refractivity contribution < 1.29 is 9.63 Å². The SMILES string of the molecule is CCCCCCCCCCCC(=O)On1c(=O)c(C2CCNCC2)cc2ccccc21. The van der Waals surface area contributed by atoms with E-state index in [9.17, 15) is 9.59 Å². The van der Waals surface area contributed by atoms with Crippen molar-refractivity contribution in [3.63, 3.8) is 0 Å². The van der Waals surface area contributed by atoms with Crippen molar-refractivity contribution in [3.05, 3.63) is 46.2 Å². The summed E-state index contributed by atoms with van der Waals surface area (Å²) in [7, 11) is 0. The van der Waals surface area contributed by atoms with Crippen molar-refractivity contribution in [2.24, 2.45) is 0 Å². The molecule has 0 bridgehead atoms. The van der Waals surface area contributed by atoms with Crippen molar-refractivity contribution in [2.75, 3.05) is 13.1 Å². The summed E-state index contributed by atoms with van der Waals surface area (Å²) in [6.07, 6.45) is 13.0. The molecule has 1 fully saturated rings. The van der Waals surface area contributed by atoms with Gasteiger partial charge in [0, 0.05) is 17.4 Å². The van der Waals surface area contributed by atoms with Crippen LogP contribution in [0.15, 0.2) is 35.1 Å². The van der Waals surface area contributed by atoms with Gasteiger partial charge in [-0.15, -0.1) is 4.73 Å². The Morgan fingerprint density at radius 1 is 1.00 bits per heavy atom. The van der Waals surface area contributed by atoms with Gasteiger partial charge in [0.15, 0.2) is 0 Å². The first-order valence-corrected chi connectivity index (χ1v) is 12.3. The standard InChI is InChI=1S/C26H38N2O3/c1-2-3-4-5-6-7-8-9-10-15-25(29)31-28-24-14-12-11-13-22(24)20-23(26(28)30)21-16-18-27-19-17-21/h11-14,20-21,27H,2-10,15-19H2,1H3. The van der Waals surface area contributed by atoms with Crippen LogP contribution in [-0.4, -0.2) is 23.8 Å². The lowest BCUT2D eigenvalue weighted by atomic mass is 9.90. The zero-order valence-electron chi connectivity index (χ0n) is 19.0. The lowest BCUT2D eigenvalue weighted by Crippen LogP contribution is -2.36. The lowest BCUT2D eigenvalue weighted by Gasteiger charge is -2.23. The van der Waals surface area contributed by atoms with Crippen LogP contribution in [0.2, 0.25) is 0 Å². The van der Waals surface area contributed by atoms with E-state index in [0.29, 0.717) is 11.9 Å². The summed E-state index contributed by atoms with van der Waals surface area (Å²) in [5.74, 6) is -0.113. The molecule has 2 heterocycles. The molecule has 0 unspecified atom stereocenters. The number of nitrogens with zero attached hydrogens (tertiary/aromatic N) is 1. The normalized spacial score (nSPS) is 14.7. The maximum absolute atomic E-state index is 13.2. The van der Waals surface area contributed by atoms with Crippen LogP contribution >= 0.6 is 0 Å². The first kappa shape index (κ1) is 23.5. The van der Waals surface area contributed by atoms with Crippen molar-refractivity contribution >= 4 is 16.9 Å². The number of fused-ring (bicyclic) bond motifs is 1. The zero-order chi connectivity index (χ0) is 21.9. The Kier molecular flexibility index (Phi) is 9.60. The van der Waals surface area contributed by atoms with Gasteiger partial charge in [-0.3, -0.25) is 4.79 Å². The van der Waals surface area contributed by atoms with Crippen LogP contribution in [0, 0.1) is 0 Å². The van der Waals surface area contributed by atoms with Gasteiger partial charge in [0.1, 0.15) is 0 Å². The molecule has 0 aliphatic carbocycles. The average Bonchev–Trinajstić information content (AvgIpc) is 2.80. The van der Waals surface area contributed by atoms with Crippen LogP contribution in [0.5, 0.6) is 0 Å². The third-order valence-electron chi connectivity index (χ3n) is 6.35. The molecule has 0 saturated carbocycles. The van der Waals surface area contributed by atoms with Crippen LogP contribution in [0.1, 0.15) is 95.5 Å². The molecule has 2 aromatic rings. The highest BCUT2D eigenvalue weighted by atomic mass is 16.7. The number of piperidine rings is 1. The van der Waals surface area contributed by atoms with E-state index in [2.05, 4.69) is 12.2 Å². The molecule has 31 heavy (non-hydrogen) atoms. The molecule has 1 aromatic carbocycles. The maximum atomic E-state index is 13.2. The Hall–Kier alpha value is -2.14. The molecule has 1 aromatic heterocycles. The highest BCUT2D eigenvalue weighted by Gasteiger charge is 2.22. The number of rotatable bonds is 12. The van der Waals surface area contributed by atoms with E-state index in [0.717, 1.165) is 56.1 Å². The molecular formula is C26H38N2O3. The first-order chi connectivity index (χ1) is 15.2. The summed E-state index contributed by atoms with van der Waals surface area (Å²) < 4.78 is 1.24. The summed E-state index contributed by atoms with van der Waals surface area (Å²) in [5.41, 5.74) is 1.23. The van der Waals surface area contributed by atoms with Gasteiger partial charge in [-0.05, 0) is 50.4 Å². The minimum atomic E-state index is -0.322. The first-order valence-electron chi connectivity index (χ1n) is 12.3. The van der Waals surface area contributed by atoms with Gasteiger partial charge in [-0.25, -0.2) is 4.79 Å². The third-order valence-corrected chi connectivity index (χ3v) is 6.35. The van der Waals surface area contributed by atoms with Gasteiger partial charge in [-0.2, -0.15) is 0 Å². The summed E-state index contributed by atoms with van der Waals surface area (Å²) >= 11 is 0.